The third-order valence-electron chi connectivity index (χ3n) is 2.93. The number of rotatable bonds is 1. The van der Waals surface area contributed by atoms with Crippen molar-refractivity contribution in [3.63, 3.8) is 0 Å². The maximum atomic E-state index is 5.89. The maximum Gasteiger partial charge on any atom is 0.147 e. The fourth-order valence-corrected chi connectivity index (χ4v) is 2.36. The molecule has 1 aromatic carbocycles. The van der Waals surface area contributed by atoms with Crippen molar-refractivity contribution >= 4 is 17.3 Å². The molecule has 0 radical (unpaired) electrons. The Morgan fingerprint density at radius 1 is 1.44 bits per heavy atom. The van der Waals surface area contributed by atoms with E-state index in [1.165, 1.54) is 11.3 Å². The molecule has 0 atom stereocenters. The summed E-state index contributed by atoms with van der Waals surface area (Å²) in [6, 6.07) is 6.40. The standard InChI is InChI=1S/C12H12ClN3/c1-8-15-12(13)7-16(8)10-2-3-11-9(6-10)4-5-14-11/h2-3,6-7,14H,4-5H2,1H3. The Morgan fingerprint density at radius 2 is 2.31 bits per heavy atom. The molecular formula is C12H12ClN3. The summed E-state index contributed by atoms with van der Waals surface area (Å²) in [5, 5.41) is 3.89. The van der Waals surface area contributed by atoms with Crippen molar-refractivity contribution in [2.45, 2.75) is 13.3 Å². The highest BCUT2D eigenvalue weighted by Gasteiger charge is 2.11. The summed E-state index contributed by atoms with van der Waals surface area (Å²) in [6.07, 6.45) is 2.94. The van der Waals surface area contributed by atoms with E-state index in [0.29, 0.717) is 5.15 Å². The Balaban J connectivity index is 2.10. The number of hydrogen-bond donors (Lipinski definition) is 1. The molecule has 1 N–H and O–H groups in total. The molecule has 1 aliphatic rings. The first-order valence-electron chi connectivity index (χ1n) is 5.33. The van der Waals surface area contributed by atoms with Crippen molar-refractivity contribution < 1.29 is 0 Å². The molecule has 1 aromatic heterocycles. The van der Waals surface area contributed by atoms with Crippen LogP contribution in [0.3, 0.4) is 0 Å². The monoisotopic (exact) mass is 233 g/mol. The van der Waals surface area contributed by atoms with Crippen molar-refractivity contribution in [1.82, 2.24) is 9.55 Å². The smallest absolute Gasteiger partial charge is 0.147 e. The van der Waals surface area contributed by atoms with E-state index >= 15 is 0 Å². The minimum atomic E-state index is 0.538. The minimum Gasteiger partial charge on any atom is -0.384 e. The van der Waals surface area contributed by atoms with Crippen molar-refractivity contribution in [3.05, 3.63) is 40.9 Å². The molecule has 82 valence electrons. The summed E-state index contributed by atoms with van der Waals surface area (Å²) < 4.78 is 2.01. The topological polar surface area (TPSA) is 29.9 Å². The van der Waals surface area contributed by atoms with E-state index in [0.717, 1.165) is 24.5 Å². The van der Waals surface area contributed by atoms with Crippen molar-refractivity contribution in [1.29, 1.82) is 0 Å². The average molecular weight is 234 g/mol. The van der Waals surface area contributed by atoms with Gasteiger partial charge in [-0.1, -0.05) is 11.6 Å². The van der Waals surface area contributed by atoms with Crippen LogP contribution >= 0.6 is 11.6 Å². The molecule has 3 rings (SSSR count). The van der Waals surface area contributed by atoms with E-state index in [9.17, 15) is 0 Å². The van der Waals surface area contributed by atoms with Gasteiger partial charge in [0.15, 0.2) is 0 Å². The Hall–Kier alpha value is -1.48. The van der Waals surface area contributed by atoms with Gasteiger partial charge in [0, 0.05) is 24.1 Å². The molecule has 2 heterocycles. The average Bonchev–Trinajstić information content (AvgIpc) is 2.83. The maximum absolute atomic E-state index is 5.89. The molecule has 16 heavy (non-hydrogen) atoms. The van der Waals surface area contributed by atoms with Gasteiger partial charge in [0.25, 0.3) is 0 Å². The molecule has 0 saturated carbocycles. The molecule has 0 unspecified atom stereocenters. The van der Waals surface area contributed by atoms with E-state index in [2.05, 4.69) is 28.5 Å². The Kier molecular flexibility index (Phi) is 2.14. The predicted molar refractivity (Wildman–Crippen MR) is 65.5 cm³/mol. The number of anilines is 1. The summed E-state index contributed by atoms with van der Waals surface area (Å²) in [6.45, 7) is 2.99. The van der Waals surface area contributed by atoms with Gasteiger partial charge in [-0.15, -0.1) is 0 Å². The van der Waals surface area contributed by atoms with Crippen molar-refractivity contribution in [2.24, 2.45) is 0 Å². The molecule has 4 heteroatoms. The number of fused-ring (bicyclic) bond motifs is 1. The first-order valence-corrected chi connectivity index (χ1v) is 5.70. The van der Waals surface area contributed by atoms with Crippen LogP contribution in [0.15, 0.2) is 24.4 Å². The molecule has 2 aromatic rings. The lowest BCUT2D eigenvalue weighted by molar-refractivity contribution is 0.971. The van der Waals surface area contributed by atoms with Gasteiger partial charge in [-0.25, -0.2) is 4.98 Å². The normalized spacial score (nSPS) is 13.6. The fraction of sp³-hybridized carbons (Fsp3) is 0.250. The number of imidazole rings is 1. The lowest BCUT2D eigenvalue weighted by Crippen LogP contribution is -1.96. The van der Waals surface area contributed by atoms with E-state index < -0.39 is 0 Å². The zero-order valence-corrected chi connectivity index (χ0v) is 9.75. The lowest BCUT2D eigenvalue weighted by atomic mass is 10.1. The number of nitrogens with zero attached hydrogens (tertiary/aromatic N) is 2. The van der Waals surface area contributed by atoms with Crippen molar-refractivity contribution in [2.75, 3.05) is 11.9 Å². The quantitative estimate of drug-likeness (QED) is 0.821. The minimum absolute atomic E-state index is 0.538. The van der Waals surface area contributed by atoms with Gasteiger partial charge in [-0.05, 0) is 37.1 Å². The number of halogens is 1. The van der Waals surface area contributed by atoms with Gasteiger partial charge in [-0.3, -0.25) is 0 Å². The van der Waals surface area contributed by atoms with Crippen LogP contribution < -0.4 is 5.32 Å². The SMILES string of the molecule is Cc1nc(Cl)cn1-c1ccc2c(c1)CCN2. The Morgan fingerprint density at radius 3 is 3.06 bits per heavy atom. The predicted octanol–water partition coefficient (Wildman–Crippen LogP) is 2.80. The molecule has 1 aliphatic heterocycles. The number of aryl methyl sites for hydroxylation is 1. The molecule has 0 bridgehead atoms. The summed E-state index contributed by atoms with van der Waals surface area (Å²) in [4.78, 5) is 4.19. The van der Waals surface area contributed by atoms with Crippen molar-refractivity contribution in [3.8, 4) is 5.69 Å². The molecule has 0 saturated heterocycles. The zero-order valence-electron chi connectivity index (χ0n) is 9.00. The van der Waals surface area contributed by atoms with Crippen LogP contribution in [0.5, 0.6) is 0 Å². The highest BCUT2D eigenvalue weighted by Crippen LogP contribution is 2.25. The summed E-state index contributed by atoms with van der Waals surface area (Å²) in [5.74, 6) is 0.913. The number of aromatic nitrogens is 2. The van der Waals surface area contributed by atoms with Gasteiger partial charge in [-0.2, -0.15) is 0 Å². The summed E-state index contributed by atoms with van der Waals surface area (Å²) in [5.41, 5.74) is 3.73. The van der Waals surface area contributed by atoms with Gasteiger partial charge < -0.3 is 9.88 Å². The molecule has 0 spiro atoms. The van der Waals surface area contributed by atoms with Crippen LogP contribution in [0.2, 0.25) is 5.15 Å². The summed E-state index contributed by atoms with van der Waals surface area (Å²) in [7, 11) is 0. The van der Waals surface area contributed by atoms with E-state index in [1.807, 2.05) is 17.7 Å². The van der Waals surface area contributed by atoms with Gasteiger partial charge in [0.1, 0.15) is 11.0 Å². The van der Waals surface area contributed by atoms with Gasteiger partial charge >= 0.3 is 0 Å². The van der Waals surface area contributed by atoms with Crippen LogP contribution in [-0.4, -0.2) is 16.1 Å². The second kappa shape index (κ2) is 3.52. The third kappa shape index (κ3) is 1.48. The first-order chi connectivity index (χ1) is 7.74. The van der Waals surface area contributed by atoms with Gasteiger partial charge in [0.05, 0.1) is 0 Å². The molecule has 0 fully saturated rings. The van der Waals surface area contributed by atoms with Crippen LogP contribution in [0.4, 0.5) is 5.69 Å². The van der Waals surface area contributed by atoms with Crippen LogP contribution in [-0.2, 0) is 6.42 Å². The lowest BCUT2D eigenvalue weighted by Gasteiger charge is -2.07. The largest absolute Gasteiger partial charge is 0.384 e. The number of benzene rings is 1. The van der Waals surface area contributed by atoms with Crippen LogP contribution in [0.1, 0.15) is 11.4 Å². The number of hydrogen-bond acceptors (Lipinski definition) is 2. The second-order valence-electron chi connectivity index (χ2n) is 4.00. The molecule has 0 amide bonds. The number of nitrogens with one attached hydrogen (secondary N) is 1. The van der Waals surface area contributed by atoms with Crippen LogP contribution in [0.25, 0.3) is 5.69 Å². The third-order valence-corrected chi connectivity index (χ3v) is 3.11. The highest BCUT2D eigenvalue weighted by molar-refractivity contribution is 6.29. The summed E-state index contributed by atoms with van der Waals surface area (Å²) >= 11 is 5.89. The van der Waals surface area contributed by atoms with E-state index in [-0.39, 0.29) is 0 Å². The van der Waals surface area contributed by atoms with E-state index in [4.69, 9.17) is 11.6 Å². The van der Waals surface area contributed by atoms with Gasteiger partial charge in [0.2, 0.25) is 0 Å². The molecular weight excluding hydrogens is 222 g/mol. The molecule has 3 nitrogen and oxygen atoms in total. The first kappa shape index (κ1) is 9.73. The Bertz CT molecular complexity index is 545. The fourth-order valence-electron chi connectivity index (χ4n) is 2.14. The zero-order chi connectivity index (χ0) is 11.1. The second-order valence-corrected chi connectivity index (χ2v) is 4.39. The highest BCUT2D eigenvalue weighted by atomic mass is 35.5. The Labute approximate surface area is 99.1 Å². The molecule has 0 aliphatic carbocycles. The van der Waals surface area contributed by atoms with E-state index in [1.54, 1.807) is 0 Å². The van der Waals surface area contributed by atoms with Crippen LogP contribution in [0, 0.1) is 6.92 Å².